The summed E-state index contributed by atoms with van der Waals surface area (Å²) in [5.74, 6) is 0. The van der Waals surface area contributed by atoms with Crippen molar-refractivity contribution in [2.24, 2.45) is 0 Å². The summed E-state index contributed by atoms with van der Waals surface area (Å²) in [7, 11) is 0. The van der Waals surface area contributed by atoms with Crippen molar-refractivity contribution in [3.63, 3.8) is 0 Å². The third-order valence-corrected chi connectivity index (χ3v) is 4.34. The highest BCUT2D eigenvalue weighted by Crippen LogP contribution is 2.19. The van der Waals surface area contributed by atoms with Crippen molar-refractivity contribution in [1.29, 1.82) is 0 Å². The van der Waals surface area contributed by atoms with E-state index in [0.29, 0.717) is 6.54 Å². The van der Waals surface area contributed by atoms with Crippen LogP contribution in [-0.4, -0.2) is 15.8 Å². The molecule has 1 aromatic heterocycles. The van der Waals surface area contributed by atoms with Gasteiger partial charge in [-0.1, -0.05) is 60.7 Å². The fourth-order valence-corrected chi connectivity index (χ4v) is 2.88. The zero-order chi connectivity index (χ0) is 19.2. The van der Waals surface area contributed by atoms with Gasteiger partial charge in [0.2, 0.25) is 0 Å². The summed E-state index contributed by atoms with van der Waals surface area (Å²) in [5.41, 5.74) is 4.71. The van der Waals surface area contributed by atoms with E-state index < -0.39 is 0 Å². The number of amides is 2. The minimum Gasteiger partial charge on any atom is -0.334 e. The van der Waals surface area contributed by atoms with E-state index in [0.717, 1.165) is 28.2 Å². The average molecular weight is 368 g/mol. The molecule has 0 radical (unpaired) electrons. The van der Waals surface area contributed by atoms with E-state index in [1.165, 1.54) is 0 Å². The number of hydrogen-bond donors (Lipinski definition) is 2. The molecule has 0 aliphatic heterocycles. The predicted molar refractivity (Wildman–Crippen MR) is 111 cm³/mol. The molecule has 0 bridgehead atoms. The minimum atomic E-state index is -0.234. The van der Waals surface area contributed by atoms with Crippen molar-refractivity contribution in [3.8, 4) is 16.9 Å². The van der Waals surface area contributed by atoms with Gasteiger partial charge in [0.15, 0.2) is 0 Å². The van der Waals surface area contributed by atoms with Crippen molar-refractivity contribution in [3.05, 3.63) is 103 Å². The van der Waals surface area contributed by atoms with Crippen LogP contribution in [0.1, 0.15) is 5.56 Å². The first kappa shape index (κ1) is 17.5. The Balaban J connectivity index is 1.37. The van der Waals surface area contributed by atoms with Gasteiger partial charge in [0.05, 0.1) is 11.4 Å². The average Bonchev–Trinajstić information content (AvgIpc) is 3.25. The number of hydrogen-bond acceptors (Lipinski definition) is 2. The van der Waals surface area contributed by atoms with Crippen LogP contribution >= 0.6 is 0 Å². The molecule has 0 aliphatic carbocycles. The Bertz CT molecular complexity index is 1040. The second-order valence-electron chi connectivity index (χ2n) is 6.35. The molecule has 5 heteroatoms. The van der Waals surface area contributed by atoms with E-state index in [1.54, 1.807) is 0 Å². The Morgan fingerprint density at radius 2 is 1.50 bits per heavy atom. The Morgan fingerprint density at radius 3 is 2.21 bits per heavy atom. The third kappa shape index (κ3) is 4.27. The maximum absolute atomic E-state index is 12.1. The lowest BCUT2D eigenvalue weighted by Gasteiger charge is -2.08. The summed E-state index contributed by atoms with van der Waals surface area (Å²) in [5, 5.41) is 10.3. The van der Waals surface area contributed by atoms with Crippen LogP contribution in [0.3, 0.4) is 0 Å². The fraction of sp³-hybridized carbons (Fsp3) is 0.0435. The van der Waals surface area contributed by atoms with Gasteiger partial charge in [-0.3, -0.25) is 0 Å². The van der Waals surface area contributed by atoms with Crippen LogP contribution in [0.25, 0.3) is 16.9 Å². The molecular weight excluding hydrogens is 348 g/mol. The molecule has 0 unspecified atom stereocenters. The zero-order valence-corrected chi connectivity index (χ0v) is 15.2. The molecule has 0 spiro atoms. The molecule has 3 aromatic carbocycles. The summed E-state index contributed by atoms with van der Waals surface area (Å²) in [6.45, 7) is 0.486. The topological polar surface area (TPSA) is 59.0 Å². The molecule has 28 heavy (non-hydrogen) atoms. The van der Waals surface area contributed by atoms with Crippen molar-refractivity contribution in [2.45, 2.75) is 6.54 Å². The second kappa shape index (κ2) is 8.22. The summed E-state index contributed by atoms with van der Waals surface area (Å²) in [6.07, 6.45) is 1.93. The van der Waals surface area contributed by atoms with Crippen LogP contribution in [0.4, 0.5) is 10.5 Å². The van der Waals surface area contributed by atoms with Gasteiger partial charge >= 0.3 is 6.03 Å². The molecule has 4 rings (SSSR count). The molecule has 2 N–H and O–H groups in total. The molecule has 0 atom stereocenters. The van der Waals surface area contributed by atoms with Crippen LogP contribution in [0.2, 0.25) is 0 Å². The van der Waals surface area contributed by atoms with Gasteiger partial charge in [-0.15, -0.1) is 0 Å². The maximum Gasteiger partial charge on any atom is 0.319 e. The number of rotatable bonds is 5. The summed E-state index contributed by atoms with van der Waals surface area (Å²) >= 11 is 0. The fourth-order valence-electron chi connectivity index (χ4n) is 2.88. The molecule has 0 aliphatic rings. The molecule has 1 heterocycles. The first-order valence-corrected chi connectivity index (χ1v) is 9.08. The van der Waals surface area contributed by atoms with E-state index in [9.17, 15) is 4.79 Å². The number of carbonyl (C=O) groups excluding carboxylic acids is 1. The quantitative estimate of drug-likeness (QED) is 0.528. The highest BCUT2D eigenvalue weighted by Gasteiger charge is 2.05. The number of anilines is 1. The van der Waals surface area contributed by atoms with Gasteiger partial charge in [-0.25, -0.2) is 9.48 Å². The minimum absolute atomic E-state index is 0.234. The Hall–Kier alpha value is -3.86. The highest BCUT2D eigenvalue weighted by molar-refractivity contribution is 5.89. The van der Waals surface area contributed by atoms with Crippen LogP contribution in [0.5, 0.6) is 0 Å². The number of nitrogens with zero attached hydrogens (tertiary/aromatic N) is 2. The molecule has 4 aromatic rings. The van der Waals surface area contributed by atoms with Gasteiger partial charge in [0.1, 0.15) is 0 Å². The van der Waals surface area contributed by atoms with Gasteiger partial charge in [-0.2, -0.15) is 5.10 Å². The molecule has 5 nitrogen and oxygen atoms in total. The predicted octanol–water partition coefficient (Wildman–Crippen LogP) is 4.86. The number of nitrogens with one attached hydrogen (secondary N) is 2. The summed E-state index contributed by atoms with van der Waals surface area (Å²) in [6, 6.07) is 29.2. The van der Waals surface area contributed by atoms with Crippen molar-refractivity contribution >= 4 is 11.7 Å². The number of benzene rings is 3. The molecule has 0 saturated carbocycles. The van der Waals surface area contributed by atoms with Gasteiger partial charge in [-0.05, 0) is 35.9 Å². The Kier molecular flexibility index (Phi) is 5.15. The summed E-state index contributed by atoms with van der Waals surface area (Å²) in [4.78, 5) is 12.1. The van der Waals surface area contributed by atoms with E-state index in [1.807, 2.05) is 102 Å². The molecule has 2 amide bonds. The lowest BCUT2D eigenvalue weighted by atomic mass is 10.2. The van der Waals surface area contributed by atoms with E-state index in [-0.39, 0.29) is 6.03 Å². The second-order valence-corrected chi connectivity index (χ2v) is 6.35. The van der Waals surface area contributed by atoms with E-state index in [4.69, 9.17) is 0 Å². The maximum atomic E-state index is 12.1. The monoisotopic (exact) mass is 368 g/mol. The summed E-state index contributed by atoms with van der Waals surface area (Å²) < 4.78 is 1.82. The third-order valence-electron chi connectivity index (χ3n) is 4.34. The van der Waals surface area contributed by atoms with Gasteiger partial charge < -0.3 is 10.6 Å². The first-order chi connectivity index (χ1) is 13.8. The number of urea groups is 1. The molecule has 0 fully saturated rings. The van der Waals surface area contributed by atoms with Gasteiger partial charge in [0.25, 0.3) is 0 Å². The van der Waals surface area contributed by atoms with Gasteiger partial charge in [0, 0.05) is 24.0 Å². The van der Waals surface area contributed by atoms with Crippen LogP contribution in [0, 0.1) is 0 Å². The van der Waals surface area contributed by atoms with Crippen LogP contribution in [0.15, 0.2) is 97.2 Å². The molecule has 0 saturated heterocycles. The molecule has 138 valence electrons. The Morgan fingerprint density at radius 1 is 0.821 bits per heavy atom. The van der Waals surface area contributed by atoms with Crippen LogP contribution < -0.4 is 10.6 Å². The number of aromatic nitrogens is 2. The lowest BCUT2D eigenvalue weighted by Crippen LogP contribution is -2.28. The molecular formula is C23H20N4O. The Labute approximate surface area is 163 Å². The van der Waals surface area contributed by atoms with E-state index in [2.05, 4.69) is 15.7 Å². The number of carbonyl (C=O) groups is 1. The normalized spacial score (nSPS) is 10.4. The standard InChI is InChI=1S/C23H20N4O/c28-23(24-17-18-7-3-1-4-8-18)25-20-11-13-21(14-12-20)27-16-15-22(26-27)19-9-5-2-6-10-19/h1-16H,17H2,(H2,24,25,28). The first-order valence-electron chi connectivity index (χ1n) is 9.08. The largest absolute Gasteiger partial charge is 0.334 e. The van der Waals surface area contributed by atoms with Crippen LogP contribution in [-0.2, 0) is 6.54 Å². The highest BCUT2D eigenvalue weighted by atomic mass is 16.2. The smallest absolute Gasteiger partial charge is 0.319 e. The lowest BCUT2D eigenvalue weighted by molar-refractivity contribution is 0.251. The van der Waals surface area contributed by atoms with Crippen molar-refractivity contribution in [2.75, 3.05) is 5.32 Å². The SMILES string of the molecule is O=C(NCc1ccccc1)Nc1ccc(-n2ccc(-c3ccccc3)n2)cc1. The van der Waals surface area contributed by atoms with E-state index >= 15 is 0 Å². The van der Waals surface area contributed by atoms with Crippen molar-refractivity contribution < 1.29 is 4.79 Å². The zero-order valence-electron chi connectivity index (χ0n) is 15.2. The van der Waals surface area contributed by atoms with Crippen molar-refractivity contribution in [1.82, 2.24) is 15.1 Å².